The van der Waals surface area contributed by atoms with E-state index in [4.69, 9.17) is 0 Å². The second-order valence-corrected chi connectivity index (χ2v) is 6.07. The van der Waals surface area contributed by atoms with Crippen molar-refractivity contribution in [1.82, 2.24) is 4.72 Å². The molecule has 2 N–H and O–H groups in total. The smallest absolute Gasteiger partial charge is 0.506 e. The van der Waals surface area contributed by atoms with Crippen molar-refractivity contribution < 1.29 is 40.2 Å². The summed E-state index contributed by atoms with van der Waals surface area (Å²) < 4.78 is 90.9. The van der Waals surface area contributed by atoms with E-state index < -0.39 is 51.7 Å². The van der Waals surface area contributed by atoms with E-state index in [-0.39, 0.29) is 0 Å². The van der Waals surface area contributed by atoms with Crippen molar-refractivity contribution in [2.24, 2.45) is 0 Å². The third-order valence-electron chi connectivity index (χ3n) is 2.31. The Bertz CT molecular complexity index is 624. The molecule has 22 heavy (non-hydrogen) atoms. The zero-order valence-electron chi connectivity index (χ0n) is 11.1. The maximum atomic E-state index is 12.6. The van der Waals surface area contributed by atoms with E-state index in [0.29, 0.717) is 13.0 Å². The van der Waals surface area contributed by atoms with Crippen LogP contribution in [0.3, 0.4) is 0 Å². The van der Waals surface area contributed by atoms with Crippen LogP contribution in [0.4, 0.5) is 22.0 Å². The summed E-state index contributed by atoms with van der Waals surface area (Å²) in [5.74, 6) is -5.33. The number of alkyl halides is 5. The lowest BCUT2D eigenvalue weighted by molar-refractivity contribution is -0.275. The summed E-state index contributed by atoms with van der Waals surface area (Å²) in [4.78, 5) is -1.17. The maximum absolute atomic E-state index is 12.6. The molecule has 0 aliphatic carbocycles. The Morgan fingerprint density at radius 2 is 1.82 bits per heavy atom. The standard InChI is InChI=1S/C11H12F5NO4S/c1-10(12,13)5-6-17-22(19,20)9-7(18)3-2-4-8(9)21-11(14,15)16/h2-4,17-18H,5-6H2,1H3. The van der Waals surface area contributed by atoms with Crippen LogP contribution in [0.25, 0.3) is 0 Å². The Morgan fingerprint density at radius 3 is 2.32 bits per heavy atom. The fraction of sp³-hybridized carbons (Fsp3) is 0.455. The fourth-order valence-corrected chi connectivity index (χ4v) is 2.69. The molecule has 0 radical (unpaired) electrons. The van der Waals surface area contributed by atoms with Crippen LogP contribution in [0.1, 0.15) is 13.3 Å². The van der Waals surface area contributed by atoms with Crippen molar-refractivity contribution in [3.8, 4) is 11.5 Å². The average molecular weight is 349 g/mol. The molecule has 0 unspecified atom stereocenters. The Hall–Kier alpha value is -1.62. The number of nitrogens with one attached hydrogen (secondary N) is 1. The van der Waals surface area contributed by atoms with E-state index in [1.807, 2.05) is 0 Å². The van der Waals surface area contributed by atoms with Crippen LogP contribution in [-0.4, -0.2) is 32.4 Å². The van der Waals surface area contributed by atoms with Crippen molar-refractivity contribution in [3.63, 3.8) is 0 Å². The molecule has 1 aromatic carbocycles. The minimum atomic E-state index is -5.19. The van der Waals surface area contributed by atoms with Crippen molar-refractivity contribution in [2.75, 3.05) is 6.54 Å². The Balaban J connectivity index is 3.08. The number of hydrogen-bond donors (Lipinski definition) is 2. The van der Waals surface area contributed by atoms with Gasteiger partial charge in [0.25, 0.3) is 0 Å². The quantitative estimate of drug-likeness (QED) is 0.774. The number of ether oxygens (including phenoxy) is 1. The molecule has 0 heterocycles. The van der Waals surface area contributed by atoms with E-state index in [2.05, 4.69) is 4.74 Å². The SMILES string of the molecule is CC(F)(F)CCNS(=O)(=O)c1c(O)cccc1OC(F)(F)F. The highest BCUT2D eigenvalue weighted by molar-refractivity contribution is 7.89. The molecule has 0 aromatic heterocycles. The summed E-state index contributed by atoms with van der Waals surface area (Å²) in [6.07, 6.45) is -6.05. The summed E-state index contributed by atoms with van der Waals surface area (Å²) in [6.45, 7) is -0.175. The van der Waals surface area contributed by atoms with Crippen LogP contribution in [0.5, 0.6) is 11.5 Å². The van der Waals surface area contributed by atoms with Gasteiger partial charge in [-0.05, 0) is 19.1 Å². The van der Waals surface area contributed by atoms with Gasteiger partial charge in [-0.1, -0.05) is 6.07 Å². The summed E-state index contributed by atoms with van der Waals surface area (Å²) in [7, 11) is -4.67. The van der Waals surface area contributed by atoms with Crippen LogP contribution < -0.4 is 9.46 Å². The molecule has 0 fully saturated rings. The highest BCUT2D eigenvalue weighted by atomic mass is 32.2. The van der Waals surface area contributed by atoms with Gasteiger partial charge < -0.3 is 9.84 Å². The highest BCUT2D eigenvalue weighted by Gasteiger charge is 2.35. The molecule has 0 saturated heterocycles. The van der Waals surface area contributed by atoms with E-state index >= 15 is 0 Å². The lowest BCUT2D eigenvalue weighted by Gasteiger charge is -2.16. The van der Waals surface area contributed by atoms with Gasteiger partial charge in [0.2, 0.25) is 15.9 Å². The maximum Gasteiger partial charge on any atom is 0.573 e. The Labute approximate surface area is 122 Å². The molecule has 0 aliphatic rings. The van der Waals surface area contributed by atoms with Gasteiger partial charge in [0, 0.05) is 13.0 Å². The minimum absolute atomic E-state index is 0.555. The van der Waals surface area contributed by atoms with E-state index in [9.17, 15) is 35.5 Å². The molecule has 0 aliphatic heterocycles. The first kappa shape index (κ1) is 18.4. The predicted molar refractivity (Wildman–Crippen MR) is 65.2 cm³/mol. The number of phenols is 1. The number of halogens is 5. The van der Waals surface area contributed by atoms with Crippen molar-refractivity contribution >= 4 is 10.0 Å². The molecule has 1 rings (SSSR count). The van der Waals surface area contributed by atoms with Crippen LogP contribution in [0.2, 0.25) is 0 Å². The third kappa shape index (κ3) is 5.64. The molecule has 5 nitrogen and oxygen atoms in total. The fourth-order valence-electron chi connectivity index (χ4n) is 1.46. The molecule has 0 amide bonds. The van der Waals surface area contributed by atoms with E-state index in [1.165, 1.54) is 0 Å². The molecular formula is C11H12F5NO4S. The topological polar surface area (TPSA) is 75.6 Å². The van der Waals surface area contributed by atoms with Crippen LogP contribution in [-0.2, 0) is 10.0 Å². The normalized spacial score (nSPS) is 13.2. The molecule has 11 heteroatoms. The number of benzene rings is 1. The van der Waals surface area contributed by atoms with Crippen LogP contribution in [0.15, 0.2) is 23.1 Å². The van der Waals surface area contributed by atoms with Gasteiger partial charge in [-0.15, -0.1) is 13.2 Å². The first-order chi connectivity index (χ1) is 9.82. The molecule has 0 spiro atoms. The van der Waals surface area contributed by atoms with Gasteiger partial charge in [0.05, 0.1) is 0 Å². The molecule has 0 saturated carbocycles. The number of aromatic hydroxyl groups is 1. The zero-order valence-corrected chi connectivity index (χ0v) is 11.9. The molecular weight excluding hydrogens is 337 g/mol. The predicted octanol–water partition coefficient (Wildman–Crippen LogP) is 2.61. The zero-order chi connectivity index (χ0) is 17.2. The van der Waals surface area contributed by atoms with Crippen molar-refractivity contribution in [3.05, 3.63) is 18.2 Å². The van der Waals surface area contributed by atoms with E-state index in [0.717, 1.165) is 12.1 Å². The number of rotatable bonds is 6. The second kappa shape index (κ2) is 6.24. The van der Waals surface area contributed by atoms with Gasteiger partial charge in [-0.3, -0.25) is 0 Å². The monoisotopic (exact) mass is 349 g/mol. The third-order valence-corrected chi connectivity index (χ3v) is 3.84. The highest BCUT2D eigenvalue weighted by Crippen LogP contribution is 2.35. The molecule has 0 atom stereocenters. The largest absolute Gasteiger partial charge is 0.573 e. The van der Waals surface area contributed by atoms with Crippen molar-refractivity contribution in [1.29, 1.82) is 0 Å². The Kier molecular flexibility index (Phi) is 5.23. The van der Waals surface area contributed by atoms with Gasteiger partial charge in [-0.25, -0.2) is 21.9 Å². The van der Waals surface area contributed by atoms with Crippen LogP contribution in [0, 0.1) is 0 Å². The molecule has 0 bridgehead atoms. The van der Waals surface area contributed by atoms with Gasteiger partial charge in [-0.2, -0.15) is 0 Å². The lowest BCUT2D eigenvalue weighted by atomic mass is 10.3. The minimum Gasteiger partial charge on any atom is -0.506 e. The summed E-state index contributed by atoms with van der Waals surface area (Å²) in [6, 6.07) is 2.44. The van der Waals surface area contributed by atoms with Gasteiger partial charge >= 0.3 is 6.36 Å². The summed E-state index contributed by atoms with van der Waals surface area (Å²) in [5.41, 5.74) is 0. The summed E-state index contributed by atoms with van der Waals surface area (Å²) in [5, 5.41) is 9.47. The number of hydrogen-bond acceptors (Lipinski definition) is 4. The number of sulfonamides is 1. The van der Waals surface area contributed by atoms with Crippen molar-refractivity contribution in [2.45, 2.75) is 30.5 Å². The first-order valence-corrected chi connectivity index (χ1v) is 7.25. The second-order valence-electron chi connectivity index (χ2n) is 4.37. The molecule has 1 aromatic rings. The Morgan fingerprint density at radius 1 is 1.23 bits per heavy atom. The van der Waals surface area contributed by atoms with E-state index in [1.54, 1.807) is 4.72 Å². The van der Waals surface area contributed by atoms with Crippen LogP contribution >= 0.6 is 0 Å². The van der Waals surface area contributed by atoms with Gasteiger partial charge in [0.15, 0.2) is 10.6 Å². The molecule has 126 valence electrons. The lowest BCUT2D eigenvalue weighted by Crippen LogP contribution is -2.29. The van der Waals surface area contributed by atoms with Gasteiger partial charge in [0.1, 0.15) is 5.75 Å². The average Bonchev–Trinajstić information content (AvgIpc) is 2.23. The summed E-state index contributed by atoms with van der Waals surface area (Å²) >= 11 is 0. The first-order valence-electron chi connectivity index (χ1n) is 5.77. The number of phenolic OH excluding ortho intramolecular Hbond substituents is 1.